The van der Waals surface area contributed by atoms with Crippen molar-refractivity contribution in [2.24, 2.45) is 0 Å². The molecule has 1 aliphatic rings. The standard InChI is InChI=1S/C13H17NO5S/c1-19-11-6-2-5-10(12(11)15)13(16)14-9-4-3-7-20(17,18)8-9/h2,5-6,9,15H,3-4,7-8H2,1H3,(H,14,16). The molecule has 1 saturated heterocycles. The second-order valence-electron chi connectivity index (χ2n) is 4.78. The number of methoxy groups -OCH3 is 1. The second-order valence-corrected chi connectivity index (χ2v) is 7.01. The first kappa shape index (κ1) is 14.6. The van der Waals surface area contributed by atoms with Gasteiger partial charge in [-0.1, -0.05) is 6.07 Å². The quantitative estimate of drug-likeness (QED) is 0.857. The number of ether oxygens (including phenoxy) is 1. The largest absolute Gasteiger partial charge is 0.504 e. The molecule has 6 nitrogen and oxygen atoms in total. The number of nitrogens with one attached hydrogen (secondary N) is 1. The van der Waals surface area contributed by atoms with Crippen molar-refractivity contribution in [3.05, 3.63) is 23.8 Å². The van der Waals surface area contributed by atoms with Crippen LogP contribution in [0, 0.1) is 0 Å². The Hall–Kier alpha value is -1.76. The van der Waals surface area contributed by atoms with Crippen LogP contribution in [0.4, 0.5) is 0 Å². The number of benzene rings is 1. The molecule has 1 heterocycles. The minimum Gasteiger partial charge on any atom is -0.504 e. The number of amides is 1. The summed E-state index contributed by atoms with van der Waals surface area (Å²) in [5.41, 5.74) is 0.0762. The van der Waals surface area contributed by atoms with E-state index in [0.29, 0.717) is 12.8 Å². The molecule has 0 saturated carbocycles. The van der Waals surface area contributed by atoms with Gasteiger partial charge in [0.05, 0.1) is 24.2 Å². The average Bonchev–Trinajstić information content (AvgIpc) is 2.37. The summed E-state index contributed by atoms with van der Waals surface area (Å²) in [6.07, 6.45) is 1.16. The van der Waals surface area contributed by atoms with E-state index < -0.39 is 21.8 Å². The van der Waals surface area contributed by atoms with Crippen LogP contribution in [0.5, 0.6) is 11.5 Å². The van der Waals surface area contributed by atoms with Crippen LogP contribution in [0.15, 0.2) is 18.2 Å². The zero-order valence-electron chi connectivity index (χ0n) is 11.1. The lowest BCUT2D eigenvalue weighted by atomic mass is 10.1. The molecular formula is C13H17NO5S. The van der Waals surface area contributed by atoms with Gasteiger partial charge in [0.15, 0.2) is 21.3 Å². The molecule has 1 atom stereocenters. The van der Waals surface area contributed by atoms with Crippen molar-refractivity contribution in [1.82, 2.24) is 5.32 Å². The van der Waals surface area contributed by atoms with Gasteiger partial charge in [0.25, 0.3) is 5.91 Å². The Morgan fingerprint density at radius 1 is 1.45 bits per heavy atom. The Labute approximate surface area is 117 Å². The molecule has 0 spiro atoms. The second kappa shape index (κ2) is 5.70. The van der Waals surface area contributed by atoms with Crippen molar-refractivity contribution in [3.8, 4) is 11.5 Å². The first-order valence-corrected chi connectivity index (χ1v) is 8.12. The van der Waals surface area contributed by atoms with Crippen molar-refractivity contribution in [2.45, 2.75) is 18.9 Å². The van der Waals surface area contributed by atoms with E-state index in [2.05, 4.69) is 5.32 Å². The van der Waals surface area contributed by atoms with Crippen molar-refractivity contribution in [1.29, 1.82) is 0 Å². The maximum Gasteiger partial charge on any atom is 0.255 e. The van der Waals surface area contributed by atoms with Crippen molar-refractivity contribution >= 4 is 15.7 Å². The Morgan fingerprint density at radius 2 is 2.20 bits per heavy atom. The Kier molecular flexibility index (Phi) is 4.17. The van der Waals surface area contributed by atoms with Crippen LogP contribution in [0.1, 0.15) is 23.2 Å². The van der Waals surface area contributed by atoms with Gasteiger partial charge in [-0.2, -0.15) is 0 Å². The number of carbonyl (C=O) groups excluding carboxylic acids is 1. The van der Waals surface area contributed by atoms with Gasteiger partial charge in [0.2, 0.25) is 0 Å². The molecule has 1 aliphatic heterocycles. The fourth-order valence-corrected chi connectivity index (χ4v) is 3.91. The first-order chi connectivity index (χ1) is 9.43. The molecule has 2 rings (SSSR count). The van der Waals surface area contributed by atoms with Gasteiger partial charge in [-0.15, -0.1) is 0 Å². The number of para-hydroxylation sites is 1. The average molecular weight is 299 g/mol. The lowest BCUT2D eigenvalue weighted by Gasteiger charge is -2.23. The van der Waals surface area contributed by atoms with Crippen molar-refractivity contribution in [3.63, 3.8) is 0 Å². The third kappa shape index (κ3) is 3.22. The van der Waals surface area contributed by atoms with Gasteiger partial charge in [-0.05, 0) is 25.0 Å². The number of phenols is 1. The summed E-state index contributed by atoms with van der Waals surface area (Å²) in [5.74, 6) is -0.420. The zero-order valence-corrected chi connectivity index (χ0v) is 11.9. The fourth-order valence-electron chi connectivity index (χ4n) is 2.27. The highest BCUT2D eigenvalue weighted by molar-refractivity contribution is 7.91. The summed E-state index contributed by atoms with van der Waals surface area (Å²) in [7, 11) is -1.69. The highest BCUT2D eigenvalue weighted by Crippen LogP contribution is 2.29. The molecule has 1 aromatic rings. The lowest BCUT2D eigenvalue weighted by molar-refractivity contribution is 0.0935. The van der Waals surface area contributed by atoms with E-state index >= 15 is 0 Å². The summed E-state index contributed by atoms with van der Waals surface area (Å²) in [6.45, 7) is 0. The van der Waals surface area contributed by atoms with Crippen LogP contribution in [0.3, 0.4) is 0 Å². The third-order valence-electron chi connectivity index (χ3n) is 3.26. The van der Waals surface area contributed by atoms with Crippen LogP contribution < -0.4 is 10.1 Å². The topological polar surface area (TPSA) is 92.7 Å². The molecule has 0 aromatic heterocycles. The monoisotopic (exact) mass is 299 g/mol. The minimum absolute atomic E-state index is 0.0521. The molecule has 110 valence electrons. The number of hydrogen-bond acceptors (Lipinski definition) is 5. The van der Waals surface area contributed by atoms with Crippen LogP contribution >= 0.6 is 0 Å². The SMILES string of the molecule is COc1cccc(C(=O)NC2CCCS(=O)(=O)C2)c1O. The number of rotatable bonds is 3. The summed E-state index contributed by atoms with van der Waals surface area (Å²) >= 11 is 0. The van der Waals surface area contributed by atoms with Gasteiger partial charge in [-0.3, -0.25) is 4.79 Å². The van der Waals surface area contributed by atoms with Crippen LogP contribution in [0.2, 0.25) is 0 Å². The van der Waals surface area contributed by atoms with E-state index in [1.54, 1.807) is 6.07 Å². The summed E-state index contributed by atoms with van der Waals surface area (Å²) in [6, 6.07) is 4.18. The number of hydrogen-bond donors (Lipinski definition) is 2. The van der Waals surface area contributed by atoms with Crippen molar-refractivity contribution in [2.75, 3.05) is 18.6 Å². The molecule has 0 bridgehead atoms. The highest BCUT2D eigenvalue weighted by atomic mass is 32.2. The van der Waals surface area contributed by atoms with Gasteiger partial charge in [0, 0.05) is 6.04 Å². The fraction of sp³-hybridized carbons (Fsp3) is 0.462. The number of carbonyl (C=O) groups is 1. The predicted molar refractivity (Wildman–Crippen MR) is 73.8 cm³/mol. The summed E-state index contributed by atoms with van der Waals surface area (Å²) in [4.78, 5) is 12.1. The molecule has 1 amide bonds. The molecule has 20 heavy (non-hydrogen) atoms. The Balaban J connectivity index is 2.13. The maximum absolute atomic E-state index is 12.1. The normalized spacial score (nSPS) is 21.1. The van der Waals surface area contributed by atoms with Crippen LogP contribution in [-0.4, -0.2) is 44.1 Å². The smallest absolute Gasteiger partial charge is 0.255 e. The number of aromatic hydroxyl groups is 1. The Morgan fingerprint density at radius 3 is 2.85 bits per heavy atom. The van der Waals surface area contributed by atoms with Gasteiger partial charge in [0.1, 0.15) is 0 Å². The summed E-state index contributed by atoms with van der Waals surface area (Å²) < 4.78 is 28.0. The molecule has 7 heteroatoms. The third-order valence-corrected chi connectivity index (χ3v) is 5.08. The number of sulfone groups is 1. The molecule has 0 radical (unpaired) electrons. The lowest BCUT2D eigenvalue weighted by Crippen LogP contribution is -2.43. The van der Waals surface area contributed by atoms with E-state index in [-0.39, 0.29) is 28.6 Å². The van der Waals surface area contributed by atoms with Crippen LogP contribution in [0.25, 0.3) is 0 Å². The first-order valence-electron chi connectivity index (χ1n) is 6.30. The molecular weight excluding hydrogens is 282 g/mol. The van der Waals surface area contributed by atoms with E-state index in [1.807, 2.05) is 0 Å². The molecule has 1 aromatic carbocycles. The van der Waals surface area contributed by atoms with E-state index in [1.165, 1.54) is 19.2 Å². The van der Waals surface area contributed by atoms with Crippen molar-refractivity contribution < 1.29 is 23.1 Å². The predicted octanol–water partition coefficient (Wildman–Crippen LogP) is 0.708. The van der Waals surface area contributed by atoms with Gasteiger partial charge < -0.3 is 15.2 Å². The zero-order chi connectivity index (χ0) is 14.8. The molecule has 1 fully saturated rings. The van der Waals surface area contributed by atoms with E-state index in [9.17, 15) is 18.3 Å². The van der Waals surface area contributed by atoms with E-state index in [4.69, 9.17) is 4.74 Å². The molecule has 1 unspecified atom stereocenters. The van der Waals surface area contributed by atoms with Gasteiger partial charge >= 0.3 is 0 Å². The number of phenolic OH excluding ortho intramolecular Hbond substituents is 1. The minimum atomic E-state index is -3.08. The molecule has 0 aliphatic carbocycles. The van der Waals surface area contributed by atoms with E-state index in [0.717, 1.165) is 0 Å². The van der Waals surface area contributed by atoms with Gasteiger partial charge in [-0.25, -0.2) is 8.42 Å². The summed E-state index contributed by atoms with van der Waals surface area (Å²) in [5, 5.41) is 12.5. The Bertz CT molecular complexity index is 611. The van der Waals surface area contributed by atoms with Crippen LogP contribution in [-0.2, 0) is 9.84 Å². The molecule has 2 N–H and O–H groups in total. The maximum atomic E-state index is 12.1. The highest BCUT2D eigenvalue weighted by Gasteiger charge is 2.27.